The van der Waals surface area contributed by atoms with E-state index in [-0.39, 0.29) is 18.4 Å². The van der Waals surface area contributed by atoms with Crippen molar-refractivity contribution in [2.24, 2.45) is 0 Å². The Kier molecular flexibility index (Phi) is 5.94. The molecule has 2 heterocycles. The van der Waals surface area contributed by atoms with Crippen molar-refractivity contribution in [3.63, 3.8) is 0 Å². The van der Waals surface area contributed by atoms with E-state index in [0.717, 1.165) is 16.5 Å². The van der Waals surface area contributed by atoms with Gasteiger partial charge in [-0.2, -0.15) is 0 Å². The summed E-state index contributed by atoms with van der Waals surface area (Å²) in [5.74, 6) is -0.230. The fourth-order valence-corrected chi connectivity index (χ4v) is 4.82. The van der Waals surface area contributed by atoms with Crippen molar-refractivity contribution in [3.05, 3.63) is 70.2 Å². The zero-order chi connectivity index (χ0) is 21.3. The molecule has 2 amide bonds. The number of aromatic nitrogens is 1. The van der Waals surface area contributed by atoms with Crippen molar-refractivity contribution in [1.29, 1.82) is 0 Å². The molecule has 0 bridgehead atoms. The van der Waals surface area contributed by atoms with Crippen molar-refractivity contribution in [2.75, 3.05) is 11.9 Å². The Morgan fingerprint density at radius 1 is 1.20 bits per heavy atom. The number of carbonyl (C=O) groups is 2. The van der Waals surface area contributed by atoms with E-state index in [1.165, 1.54) is 11.8 Å². The van der Waals surface area contributed by atoms with Gasteiger partial charge in [-0.15, -0.1) is 0 Å². The van der Waals surface area contributed by atoms with Crippen molar-refractivity contribution in [3.8, 4) is 0 Å². The molecule has 0 atom stereocenters. The van der Waals surface area contributed by atoms with Gasteiger partial charge in [-0.25, -0.2) is 0 Å². The number of nitrogens with one attached hydrogen (secondary N) is 1. The number of nitrogens with zero attached hydrogens (tertiary/aromatic N) is 2. The van der Waals surface area contributed by atoms with E-state index in [9.17, 15) is 9.59 Å². The number of anilines is 1. The summed E-state index contributed by atoms with van der Waals surface area (Å²) in [6.07, 6.45) is 3.75. The lowest BCUT2D eigenvalue weighted by atomic mass is 10.1. The number of hydrogen-bond donors (Lipinski definition) is 1. The van der Waals surface area contributed by atoms with Gasteiger partial charge in [0.15, 0.2) is 0 Å². The van der Waals surface area contributed by atoms with Crippen LogP contribution in [0.5, 0.6) is 0 Å². The van der Waals surface area contributed by atoms with Crippen molar-refractivity contribution < 1.29 is 9.59 Å². The molecule has 0 spiro atoms. The molecule has 0 radical (unpaired) electrons. The minimum Gasteiger partial charge on any atom is -0.337 e. The Bertz CT molecular complexity index is 1180. The number of thiocarbonyl (C=S) groups is 1. The largest absolute Gasteiger partial charge is 0.337 e. The van der Waals surface area contributed by atoms with Crippen LogP contribution in [-0.2, 0) is 16.1 Å². The zero-order valence-electron chi connectivity index (χ0n) is 16.1. The van der Waals surface area contributed by atoms with E-state index >= 15 is 0 Å². The number of carbonyl (C=O) groups excluding carboxylic acids is 2. The minimum absolute atomic E-state index is 0.0789. The number of benzene rings is 2. The topological polar surface area (TPSA) is 54.3 Å². The van der Waals surface area contributed by atoms with Crippen LogP contribution in [0, 0.1) is 0 Å². The monoisotopic (exact) mass is 455 g/mol. The molecular weight excluding hydrogens is 438 g/mol. The first-order valence-corrected chi connectivity index (χ1v) is 10.9. The van der Waals surface area contributed by atoms with Crippen LogP contribution in [0.2, 0.25) is 5.02 Å². The highest BCUT2D eigenvalue weighted by Gasteiger charge is 2.30. The number of halogens is 1. The minimum atomic E-state index is -0.151. The molecule has 2 aromatic carbocycles. The van der Waals surface area contributed by atoms with Crippen LogP contribution in [0.1, 0.15) is 12.5 Å². The van der Waals surface area contributed by atoms with Gasteiger partial charge in [-0.05, 0) is 43.3 Å². The quantitative estimate of drug-likeness (QED) is 0.426. The summed E-state index contributed by atoms with van der Waals surface area (Å²) in [6.45, 7) is 2.60. The van der Waals surface area contributed by atoms with Gasteiger partial charge in [0, 0.05) is 39.9 Å². The molecule has 1 aromatic heterocycles. The molecule has 1 saturated heterocycles. The zero-order valence-corrected chi connectivity index (χ0v) is 18.5. The number of thioether (sulfide) groups is 1. The fourth-order valence-electron chi connectivity index (χ4n) is 3.32. The highest BCUT2D eigenvalue weighted by Crippen LogP contribution is 2.34. The first kappa shape index (κ1) is 20.7. The molecule has 5 nitrogen and oxygen atoms in total. The number of fused-ring (bicyclic) bond motifs is 1. The Balaban J connectivity index is 1.62. The van der Waals surface area contributed by atoms with Crippen LogP contribution in [0.3, 0.4) is 0 Å². The Morgan fingerprint density at radius 2 is 1.93 bits per heavy atom. The van der Waals surface area contributed by atoms with Crippen LogP contribution in [0.4, 0.5) is 5.69 Å². The SMILES string of the molecule is CCN1C(=O)C(=Cc2cn(CC(=O)Nc3ccc(Cl)cc3)c3ccccc23)SC1=S. The van der Waals surface area contributed by atoms with E-state index in [1.54, 1.807) is 29.2 Å². The molecule has 1 aliphatic heterocycles. The van der Waals surface area contributed by atoms with Crippen LogP contribution in [0.25, 0.3) is 17.0 Å². The number of hydrogen-bond acceptors (Lipinski definition) is 4. The van der Waals surface area contributed by atoms with E-state index in [0.29, 0.717) is 26.5 Å². The highest BCUT2D eigenvalue weighted by atomic mass is 35.5. The van der Waals surface area contributed by atoms with Gasteiger partial charge in [0.05, 0.1) is 4.91 Å². The molecule has 1 aliphatic rings. The molecular formula is C22H18ClN3O2S2. The summed E-state index contributed by atoms with van der Waals surface area (Å²) in [5, 5.41) is 4.46. The van der Waals surface area contributed by atoms with E-state index < -0.39 is 0 Å². The summed E-state index contributed by atoms with van der Waals surface area (Å²) in [4.78, 5) is 27.3. The van der Waals surface area contributed by atoms with Gasteiger partial charge in [-0.1, -0.05) is 53.8 Å². The lowest BCUT2D eigenvalue weighted by Gasteiger charge is -2.09. The standard InChI is InChI=1S/C22H18ClN3O2S2/c1-2-26-21(28)19(30-22(26)29)11-14-12-25(18-6-4-3-5-17(14)18)13-20(27)24-16-9-7-15(23)8-10-16/h3-12H,2,13H2,1H3,(H,24,27). The molecule has 0 aliphatic carbocycles. The van der Waals surface area contributed by atoms with Gasteiger partial charge in [0.25, 0.3) is 5.91 Å². The van der Waals surface area contributed by atoms with E-state index in [1.807, 2.05) is 48.0 Å². The smallest absolute Gasteiger partial charge is 0.266 e. The molecule has 4 rings (SSSR count). The number of amides is 2. The Hall–Kier alpha value is -2.61. The fraction of sp³-hybridized carbons (Fsp3) is 0.136. The number of likely N-dealkylation sites (N-methyl/N-ethyl adjacent to an activating group) is 1. The van der Waals surface area contributed by atoms with Crippen LogP contribution in [-0.4, -0.2) is 32.1 Å². The molecule has 8 heteroatoms. The number of rotatable bonds is 5. The van der Waals surface area contributed by atoms with Gasteiger partial charge in [0.1, 0.15) is 10.9 Å². The summed E-state index contributed by atoms with van der Waals surface area (Å²) < 4.78 is 2.45. The maximum atomic E-state index is 12.6. The second kappa shape index (κ2) is 8.63. The third-order valence-electron chi connectivity index (χ3n) is 4.74. The van der Waals surface area contributed by atoms with Crippen LogP contribution < -0.4 is 5.32 Å². The summed E-state index contributed by atoms with van der Waals surface area (Å²) >= 11 is 12.5. The van der Waals surface area contributed by atoms with Crippen molar-refractivity contribution in [1.82, 2.24) is 9.47 Å². The van der Waals surface area contributed by atoms with E-state index in [4.69, 9.17) is 23.8 Å². The Labute approximate surface area is 188 Å². The lowest BCUT2D eigenvalue weighted by Crippen LogP contribution is -2.27. The average molecular weight is 456 g/mol. The third kappa shape index (κ3) is 4.14. The normalized spacial score (nSPS) is 15.4. The molecule has 1 N–H and O–H groups in total. The molecule has 1 fully saturated rings. The van der Waals surface area contributed by atoms with Gasteiger partial charge < -0.3 is 9.88 Å². The lowest BCUT2D eigenvalue weighted by molar-refractivity contribution is -0.122. The maximum absolute atomic E-state index is 12.6. The summed E-state index contributed by atoms with van der Waals surface area (Å²) in [5.41, 5.74) is 2.48. The maximum Gasteiger partial charge on any atom is 0.266 e. The molecule has 3 aromatic rings. The van der Waals surface area contributed by atoms with Gasteiger partial charge in [0.2, 0.25) is 5.91 Å². The second-order valence-electron chi connectivity index (χ2n) is 6.71. The van der Waals surface area contributed by atoms with E-state index in [2.05, 4.69) is 5.32 Å². The summed E-state index contributed by atoms with van der Waals surface area (Å²) in [6, 6.07) is 14.8. The molecule has 0 saturated carbocycles. The van der Waals surface area contributed by atoms with Gasteiger partial charge >= 0.3 is 0 Å². The first-order chi connectivity index (χ1) is 14.5. The predicted octanol–water partition coefficient (Wildman–Crippen LogP) is 5.15. The van der Waals surface area contributed by atoms with Crippen molar-refractivity contribution in [2.45, 2.75) is 13.5 Å². The molecule has 0 unspecified atom stereocenters. The molecule has 30 heavy (non-hydrogen) atoms. The first-order valence-electron chi connectivity index (χ1n) is 9.35. The third-order valence-corrected chi connectivity index (χ3v) is 6.37. The van der Waals surface area contributed by atoms with Crippen molar-refractivity contribution >= 4 is 74.4 Å². The Morgan fingerprint density at radius 3 is 2.63 bits per heavy atom. The summed E-state index contributed by atoms with van der Waals surface area (Å²) in [7, 11) is 0. The van der Waals surface area contributed by atoms with Crippen LogP contribution >= 0.6 is 35.6 Å². The molecule has 152 valence electrons. The van der Waals surface area contributed by atoms with Gasteiger partial charge in [-0.3, -0.25) is 14.5 Å². The predicted molar refractivity (Wildman–Crippen MR) is 128 cm³/mol. The number of para-hydroxylation sites is 1. The average Bonchev–Trinajstić information content (AvgIpc) is 3.20. The second-order valence-corrected chi connectivity index (χ2v) is 8.82. The highest BCUT2D eigenvalue weighted by molar-refractivity contribution is 8.26. The van der Waals surface area contributed by atoms with Crippen LogP contribution in [0.15, 0.2) is 59.6 Å².